The molecular weight excluding hydrogens is 517 g/mol. The Bertz CT molecular complexity index is 1120. The van der Waals surface area contributed by atoms with E-state index < -0.39 is 27.2 Å². The maximum atomic E-state index is 12.3. The van der Waals surface area contributed by atoms with Crippen molar-refractivity contribution >= 4 is 24.6 Å². The molecule has 0 radical (unpaired) electrons. The van der Waals surface area contributed by atoms with Gasteiger partial charge in [-0.05, 0) is 19.8 Å². The Balaban J connectivity index is 1.35. The highest BCUT2D eigenvalue weighted by atomic mass is 31.2. The fourth-order valence-corrected chi connectivity index (χ4v) is 5.21. The van der Waals surface area contributed by atoms with Crippen molar-refractivity contribution in [2.45, 2.75) is 123 Å². The second kappa shape index (κ2) is 20.3. The van der Waals surface area contributed by atoms with Crippen molar-refractivity contribution in [1.82, 2.24) is 19.5 Å². The summed E-state index contributed by atoms with van der Waals surface area (Å²) in [5, 5.41) is 0. The van der Waals surface area contributed by atoms with Gasteiger partial charge in [-0.1, -0.05) is 90.3 Å². The molecule has 0 bridgehead atoms. The smallest absolute Gasteiger partial charge is 0.353 e. The molecule has 11 heteroatoms. The number of ether oxygens (including phenoxy) is 2. The molecule has 0 aliphatic heterocycles. The first-order chi connectivity index (χ1) is 20.8. The Hall–Kier alpha value is -1.58. The van der Waals surface area contributed by atoms with Crippen LogP contribution in [0, 0.1) is 0 Å². The lowest BCUT2D eigenvalue weighted by Crippen LogP contribution is -2.17. The topological polar surface area (TPSA) is 135 Å². The van der Waals surface area contributed by atoms with E-state index in [4.69, 9.17) is 26.6 Å². The maximum absolute atomic E-state index is 12.3. The third-order valence-electron chi connectivity index (χ3n) is 6.47. The van der Waals surface area contributed by atoms with Crippen molar-refractivity contribution in [3.8, 4) is 0 Å². The van der Waals surface area contributed by atoms with Crippen LogP contribution in [0.3, 0.4) is 0 Å². The number of aromatic nitrogens is 4. The number of anilines is 1. The van der Waals surface area contributed by atoms with Gasteiger partial charge in [0.25, 0.3) is 0 Å². The van der Waals surface area contributed by atoms with Crippen LogP contribution in [0.5, 0.6) is 0 Å². The predicted molar refractivity (Wildman–Crippen MR) is 157 cm³/mol. The average Bonchev–Trinajstić information content (AvgIpc) is 3.36. The minimum atomic E-state index is -3.87. The lowest BCUT2D eigenvalue weighted by atomic mass is 10.0. The monoisotopic (exact) mass is 574 g/mol. The molecule has 10 nitrogen and oxygen atoms in total. The molecule has 2 rings (SSSR count). The van der Waals surface area contributed by atoms with E-state index in [0.29, 0.717) is 49.6 Å². The molecule has 0 aromatic carbocycles. The molecule has 2 aromatic rings. The van der Waals surface area contributed by atoms with E-state index in [1.165, 1.54) is 44.9 Å². The summed E-state index contributed by atoms with van der Waals surface area (Å²) in [5.41, 5.74) is 6.88. The normalized spacial score (nSPS) is 16.7. The molecule has 0 fully saturated rings. The van der Waals surface area contributed by atoms with Crippen LogP contribution >= 0.6 is 7.60 Å². The van der Waals surface area contributed by atoms with Crippen LogP contribution in [0.4, 0.5) is 5.82 Å². The molecule has 0 spiro atoms. The summed E-state index contributed by atoms with van der Waals surface area (Å²) in [5.74, 6) is 0.293. The Labute approximate surface area is 242 Å². The van der Waals surface area contributed by atoms with Crippen LogP contribution in [-0.4, -0.2) is 56.7 Å². The highest BCUT2D eigenvalue weighted by Crippen LogP contribution is 2.42. The summed E-state index contributed by atoms with van der Waals surface area (Å²) in [6.07, 6.45) is 13.8. The third kappa shape index (κ3) is 15.1. The van der Waals surface area contributed by atoms with Gasteiger partial charge in [-0.25, -0.2) is 15.0 Å². The van der Waals surface area contributed by atoms with Gasteiger partial charge in [-0.15, -0.1) is 0 Å². The van der Waals surface area contributed by atoms with Gasteiger partial charge in [0.15, 0.2) is 11.5 Å². The van der Waals surface area contributed by atoms with Gasteiger partial charge in [0.2, 0.25) is 0 Å². The Morgan fingerprint density at radius 1 is 0.949 bits per heavy atom. The maximum Gasteiger partial charge on any atom is 0.353 e. The number of hydrogen-bond acceptors (Lipinski definition) is 8. The number of fused-ring (bicyclic) bond motifs is 1. The lowest BCUT2D eigenvalue weighted by molar-refractivity contribution is 0.0688. The SMILES string of the molecule is [2H]C([2H])([2H])C([2H])([2H])CCCCCCCCCCCCCCOCCCOP(=O)(O)CO[C@H](C)Cn1cnc2c(N)ncnc21. The molecule has 2 aromatic heterocycles. The highest BCUT2D eigenvalue weighted by molar-refractivity contribution is 7.52. The highest BCUT2D eigenvalue weighted by Gasteiger charge is 2.21. The second-order valence-electron chi connectivity index (χ2n) is 10.0. The van der Waals surface area contributed by atoms with Crippen molar-refractivity contribution in [1.29, 1.82) is 0 Å². The van der Waals surface area contributed by atoms with Gasteiger partial charge in [0.05, 0.1) is 25.6 Å². The van der Waals surface area contributed by atoms with E-state index in [1.807, 2.05) is 0 Å². The zero-order chi connectivity index (χ0) is 32.5. The van der Waals surface area contributed by atoms with Crippen molar-refractivity contribution in [3.63, 3.8) is 0 Å². The van der Waals surface area contributed by atoms with Gasteiger partial charge in [-0.2, -0.15) is 0 Å². The van der Waals surface area contributed by atoms with Gasteiger partial charge in [-0.3, -0.25) is 4.57 Å². The van der Waals surface area contributed by atoms with Gasteiger partial charge in [0.1, 0.15) is 18.2 Å². The first kappa shape index (κ1) is 26.3. The number of unbranched alkanes of at least 4 members (excludes halogenated alkanes) is 11. The molecule has 1 unspecified atom stereocenters. The molecular formula is C28H52N5O5P. The fourth-order valence-electron chi connectivity index (χ4n) is 4.28. The zero-order valence-corrected chi connectivity index (χ0v) is 24.5. The fraction of sp³-hybridized carbons (Fsp3) is 0.821. The van der Waals surface area contributed by atoms with Crippen LogP contribution in [0.15, 0.2) is 12.7 Å². The van der Waals surface area contributed by atoms with E-state index >= 15 is 0 Å². The standard InChI is InChI=1S/C28H52N5O5P/c1-3-4-5-6-7-8-9-10-11-12-13-14-15-16-18-36-19-17-20-38-39(34,35)24-37-25(2)21-33-23-32-26-27(29)30-22-31-28(26)33/h22-23,25H,3-21,24H2,1-2H3,(H,34,35)(H2,29,30,31)/t25-/m1/s1/i1D3,3D2. The van der Waals surface area contributed by atoms with Gasteiger partial charge < -0.3 is 29.2 Å². The van der Waals surface area contributed by atoms with Crippen LogP contribution in [-0.2, 0) is 25.1 Å². The summed E-state index contributed by atoms with van der Waals surface area (Å²) in [6.45, 7) is 0.901. The number of nitrogen functional groups attached to an aromatic ring is 1. The summed E-state index contributed by atoms with van der Waals surface area (Å²) in [7, 11) is -3.87. The van der Waals surface area contributed by atoms with E-state index in [1.54, 1.807) is 17.8 Å². The van der Waals surface area contributed by atoms with Crippen LogP contribution in [0.2, 0.25) is 0 Å². The number of imidazole rings is 1. The largest absolute Gasteiger partial charge is 0.382 e. The minimum absolute atomic E-state index is 0.104. The van der Waals surface area contributed by atoms with Crippen molar-refractivity contribution in [2.75, 3.05) is 31.9 Å². The van der Waals surface area contributed by atoms with Gasteiger partial charge >= 0.3 is 7.60 Å². The van der Waals surface area contributed by atoms with Crippen molar-refractivity contribution < 1.29 is 30.3 Å². The zero-order valence-electron chi connectivity index (χ0n) is 28.6. The number of hydrogen-bond donors (Lipinski definition) is 2. The summed E-state index contributed by atoms with van der Waals surface area (Å²) in [4.78, 5) is 22.4. The summed E-state index contributed by atoms with van der Waals surface area (Å²) < 4.78 is 67.3. The van der Waals surface area contributed by atoms with E-state index in [0.717, 1.165) is 32.1 Å². The molecule has 2 atom stereocenters. The lowest BCUT2D eigenvalue weighted by Gasteiger charge is -2.17. The molecule has 0 saturated carbocycles. The molecule has 0 aliphatic rings. The molecule has 0 aliphatic carbocycles. The Morgan fingerprint density at radius 3 is 2.23 bits per heavy atom. The first-order valence-electron chi connectivity index (χ1n) is 16.9. The van der Waals surface area contributed by atoms with E-state index in [-0.39, 0.29) is 19.1 Å². The van der Waals surface area contributed by atoms with Gasteiger partial charge in [0, 0.05) is 20.1 Å². The van der Waals surface area contributed by atoms with E-state index in [9.17, 15) is 9.46 Å². The Kier molecular flexibility index (Phi) is 13.7. The van der Waals surface area contributed by atoms with Crippen LogP contribution in [0.1, 0.15) is 117 Å². The molecule has 224 valence electrons. The molecule has 0 saturated heterocycles. The second-order valence-corrected chi connectivity index (χ2v) is 11.8. The number of nitrogens with two attached hydrogens (primary N) is 1. The summed E-state index contributed by atoms with van der Waals surface area (Å²) in [6, 6.07) is 0. The number of nitrogens with zero attached hydrogens (tertiary/aromatic N) is 4. The molecule has 3 N–H and O–H groups in total. The third-order valence-corrected chi connectivity index (χ3v) is 7.53. The van der Waals surface area contributed by atoms with Crippen molar-refractivity contribution in [2.24, 2.45) is 0 Å². The van der Waals surface area contributed by atoms with Crippen LogP contribution < -0.4 is 5.73 Å². The predicted octanol–water partition coefficient (Wildman–Crippen LogP) is 6.86. The van der Waals surface area contributed by atoms with E-state index in [2.05, 4.69) is 15.0 Å². The number of rotatable bonds is 25. The van der Waals surface area contributed by atoms with Crippen molar-refractivity contribution in [3.05, 3.63) is 12.7 Å². The quantitative estimate of drug-likeness (QED) is 0.0963. The molecule has 2 heterocycles. The average molecular weight is 575 g/mol. The minimum Gasteiger partial charge on any atom is -0.382 e. The first-order valence-corrected chi connectivity index (χ1v) is 16.2. The molecule has 39 heavy (non-hydrogen) atoms. The van der Waals surface area contributed by atoms with Crippen LogP contribution in [0.25, 0.3) is 11.2 Å². The Morgan fingerprint density at radius 2 is 1.56 bits per heavy atom. The molecule has 0 amide bonds. The summed E-state index contributed by atoms with van der Waals surface area (Å²) >= 11 is 0.